The van der Waals surface area contributed by atoms with Gasteiger partial charge in [-0.2, -0.15) is 5.10 Å². The van der Waals surface area contributed by atoms with E-state index in [0.29, 0.717) is 43.0 Å². The fourth-order valence-corrected chi connectivity index (χ4v) is 5.44. The van der Waals surface area contributed by atoms with E-state index in [1.54, 1.807) is 6.92 Å². The topological polar surface area (TPSA) is 89.4 Å². The van der Waals surface area contributed by atoms with Crippen molar-refractivity contribution in [1.82, 2.24) is 20.1 Å². The van der Waals surface area contributed by atoms with Crippen molar-refractivity contribution in [3.8, 4) is 16.9 Å². The molecule has 1 aromatic carbocycles. The number of fused-ring (bicyclic) bond motifs is 2. The Morgan fingerprint density at radius 3 is 2.94 bits per heavy atom. The SMILES string of the molecule is C=C(C)C(=O)CCCn1cc(-c2ccc3c(c2)N(c2nc4c(s2)C(=O)NC(C)(C)C4)CCO3)cn1. The van der Waals surface area contributed by atoms with Crippen molar-refractivity contribution < 1.29 is 14.3 Å². The Bertz CT molecular complexity index is 1320. The molecule has 2 aliphatic heterocycles. The highest BCUT2D eigenvalue weighted by molar-refractivity contribution is 7.17. The first kappa shape index (κ1) is 23.3. The summed E-state index contributed by atoms with van der Waals surface area (Å²) in [4.78, 5) is 32.1. The molecule has 2 aliphatic rings. The van der Waals surface area contributed by atoms with Crippen molar-refractivity contribution >= 4 is 33.8 Å². The van der Waals surface area contributed by atoms with E-state index in [-0.39, 0.29) is 17.2 Å². The van der Waals surface area contributed by atoms with Crippen LogP contribution < -0.4 is 15.0 Å². The Labute approximate surface area is 208 Å². The van der Waals surface area contributed by atoms with Gasteiger partial charge in [-0.15, -0.1) is 0 Å². The van der Waals surface area contributed by atoms with E-state index in [4.69, 9.17) is 9.72 Å². The van der Waals surface area contributed by atoms with Gasteiger partial charge in [-0.25, -0.2) is 4.98 Å². The van der Waals surface area contributed by atoms with Crippen LogP contribution in [-0.4, -0.2) is 45.1 Å². The van der Waals surface area contributed by atoms with E-state index < -0.39 is 0 Å². The van der Waals surface area contributed by atoms with E-state index in [1.165, 1.54) is 11.3 Å². The molecular weight excluding hydrogens is 462 g/mol. The Morgan fingerprint density at radius 2 is 2.14 bits per heavy atom. The summed E-state index contributed by atoms with van der Waals surface area (Å²) in [6, 6.07) is 6.09. The molecule has 35 heavy (non-hydrogen) atoms. The number of benzene rings is 1. The number of anilines is 2. The normalized spacial score (nSPS) is 16.2. The molecule has 0 saturated heterocycles. The number of ketones is 1. The molecule has 0 radical (unpaired) electrons. The molecule has 0 spiro atoms. The largest absolute Gasteiger partial charge is 0.490 e. The highest BCUT2D eigenvalue weighted by atomic mass is 32.1. The van der Waals surface area contributed by atoms with Crippen LogP contribution in [-0.2, 0) is 17.8 Å². The zero-order valence-corrected chi connectivity index (χ0v) is 21.1. The second-order valence-corrected chi connectivity index (χ2v) is 10.7. The summed E-state index contributed by atoms with van der Waals surface area (Å²) in [6.45, 7) is 11.4. The number of nitrogens with one attached hydrogen (secondary N) is 1. The number of Topliss-reactive ketones (excluding diaryl/α,β-unsaturated/α-hetero) is 1. The summed E-state index contributed by atoms with van der Waals surface area (Å²) in [7, 11) is 0. The third-order valence-corrected chi connectivity index (χ3v) is 7.36. The molecule has 5 rings (SSSR count). The molecule has 4 heterocycles. The van der Waals surface area contributed by atoms with Gasteiger partial charge >= 0.3 is 0 Å². The van der Waals surface area contributed by atoms with Crippen LogP contribution in [0.2, 0.25) is 0 Å². The van der Waals surface area contributed by atoms with Crippen molar-refractivity contribution in [1.29, 1.82) is 0 Å². The number of aryl methyl sites for hydroxylation is 1. The Balaban J connectivity index is 1.38. The van der Waals surface area contributed by atoms with Gasteiger partial charge in [0.25, 0.3) is 5.91 Å². The Morgan fingerprint density at radius 1 is 1.31 bits per heavy atom. The van der Waals surface area contributed by atoms with Crippen molar-refractivity contribution in [2.45, 2.75) is 52.1 Å². The number of allylic oxidation sites excluding steroid dienone is 1. The van der Waals surface area contributed by atoms with Crippen LogP contribution in [0.1, 0.15) is 49.0 Å². The summed E-state index contributed by atoms with van der Waals surface area (Å²) in [6.07, 6.45) is 5.74. The second kappa shape index (κ2) is 8.96. The third-order valence-electron chi connectivity index (χ3n) is 6.24. The molecule has 1 N–H and O–H groups in total. The molecule has 182 valence electrons. The molecule has 8 nitrogen and oxygen atoms in total. The fourth-order valence-electron chi connectivity index (χ4n) is 4.42. The van der Waals surface area contributed by atoms with Gasteiger partial charge in [-0.3, -0.25) is 14.3 Å². The summed E-state index contributed by atoms with van der Waals surface area (Å²) >= 11 is 1.43. The van der Waals surface area contributed by atoms with Crippen molar-refractivity contribution in [3.63, 3.8) is 0 Å². The molecular formula is C26H29N5O3S. The lowest BCUT2D eigenvalue weighted by atomic mass is 9.94. The fraction of sp³-hybridized carbons (Fsp3) is 0.385. The minimum Gasteiger partial charge on any atom is -0.490 e. The molecule has 0 unspecified atom stereocenters. The summed E-state index contributed by atoms with van der Waals surface area (Å²) in [5, 5.41) is 8.34. The molecule has 9 heteroatoms. The smallest absolute Gasteiger partial charge is 0.263 e. The molecule has 1 amide bonds. The number of thiazole rings is 1. The van der Waals surface area contributed by atoms with Crippen molar-refractivity contribution in [3.05, 3.63) is 53.3 Å². The Hall–Kier alpha value is -3.46. The monoisotopic (exact) mass is 491 g/mol. The first-order valence-corrected chi connectivity index (χ1v) is 12.6. The zero-order chi connectivity index (χ0) is 24.7. The first-order chi connectivity index (χ1) is 16.7. The lowest BCUT2D eigenvalue weighted by Gasteiger charge is -2.29. The first-order valence-electron chi connectivity index (χ1n) is 11.8. The number of nitrogens with zero attached hydrogens (tertiary/aromatic N) is 4. The number of amides is 1. The molecule has 3 aromatic rings. The molecule has 0 atom stereocenters. The van der Waals surface area contributed by atoms with E-state index in [1.807, 2.05) is 43.1 Å². The number of hydrogen-bond donors (Lipinski definition) is 1. The number of rotatable bonds is 7. The molecule has 0 fully saturated rings. The lowest BCUT2D eigenvalue weighted by Crippen LogP contribution is -2.48. The quantitative estimate of drug-likeness (QED) is 0.489. The molecule has 0 aliphatic carbocycles. The minimum absolute atomic E-state index is 0.0559. The number of aromatic nitrogens is 3. The van der Waals surface area contributed by atoms with Gasteiger partial charge in [0, 0.05) is 36.7 Å². The van der Waals surface area contributed by atoms with Gasteiger partial charge in [0.2, 0.25) is 0 Å². The zero-order valence-electron chi connectivity index (χ0n) is 20.3. The maximum absolute atomic E-state index is 12.6. The number of carbonyl (C=O) groups excluding carboxylic acids is 2. The Kier molecular flexibility index (Phi) is 5.96. The predicted molar refractivity (Wildman–Crippen MR) is 137 cm³/mol. The van der Waals surface area contributed by atoms with Crippen LogP contribution >= 0.6 is 11.3 Å². The summed E-state index contributed by atoms with van der Waals surface area (Å²) in [5.41, 5.74) is 4.09. The number of hydrogen-bond acceptors (Lipinski definition) is 7. The van der Waals surface area contributed by atoms with E-state index in [0.717, 1.165) is 39.8 Å². The van der Waals surface area contributed by atoms with Gasteiger partial charge in [0.1, 0.15) is 17.2 Å². The van der Waals surface area contributed by atoms with Crippen LogP contribution in [0.5, 0.6) is 5.75 Å². The summed E-state index contributed by atoms with van der Waals surface area (Å²) < 4.78 is 7.78. The van der Waals surface area contributed by atoms with Crippen LogP contribution in [0.15, 0.2) is 42.7 Å². The van der Waals surface area contributed by atoms with Gasteiger partial charge in [-0.05, 0) is 50.5 Å². The van der Waals surface area contributed by atoms with Gasteiger partial charge in [-0.1, -0.05) is 24.0 Å². The standard InChI is InChI=1S/C26H29N5O3S/c1-16(2)21(32)6-5-9-30-15-18(14-27-30)17-7-8-22-20(12-17)31(10-11-34-22)25-28-19-13-26(3,4)29-24(33)23(19)35-25/h7-8,12,14-15H,1,5-6,9-11,13H2,2-4H3,(H,29,33). The summed E-state index contributed by atoms with van der Waals surface area (Å²) in [5.74, 6) is 0.834. The van der Waals surface area contributed by atoms with E-state index in [2.05, 4.69) is 28.0 Å². The second-order valence-electron chi connectivity index (χ2n) is 9.77. The maximum Gasteiger partial charge on any atom is 0.263 e. The van der Waals surface area contributed by atoms with Crippen LogP contribution in [0.4, 0.5) is 10.8 Å². The number of carbonyl (C=O) groups is 2. The van der Waals surface area contributed by atoms with Crippen molar-refractivity contribution in [2.75, 3.05) is 18.1 Å². The average molecular weight is 492 g/mol. The van der Waals surface area contributed by atoms with E-state index in [9.17, 15) is 9.59 Å². The predicted octanol–water partition coefficient (Wildman–Crippen LogP) is 4.53. The highest BCUT2D eigenvalue weighted by Gasteiger charge is 2.34. The van der Waals surface area contributed by atoms with Gasteiger partial charge in [0.05, 0.1) is 24.1 Å². The van der Waals surface area contributed by atoms with Crippen molar-refractivity contribution in [2.24, 2.45) is 0 Å². The van der Waals surface area contributed by atoms with Crippen LogP contribution in [0.25, 0.3) is 11.1 Å². The average Bonchev–Trinajstić information content (AvgIpc) is 3.45. The van der Waals surface area contributed by atoms with Gasteiger partial charge in [0.15, 0.2) is 10.9 Å². The minimum atomic E-state index is -0.302. The third kappa shape index (κ3) is 4.73. The number of ether oxygens (including phenoxy) is 1. The maximum atomic E-state index is 12.6. The van der Waals surface area contributed by atoms with Gasteiger partial charge < -0.3 is 15.0 Å². The molecule has 0 bridgehead atoms. The lowest BCUT2D eigenvalue weighted by molar-refractivity contribution is -0.115. The van der Waals surface area contributed by atoms with Crippen LogP contribution in [0.3, 0.4) is 0 Å². The van der Waals surface area contributed by atoms with E-state index >= 15 is 0 Å². The van der Waals surface area contributed by atoms with Crippen LogP contribution in [0, 0.1) is 0 Å². The molecule has 2 aromatic heterocycles. The molecule has 0 saturated carbocycles. The highest BCUT2D eigenvalue weighted by Crippen LogP contribution is 2.42.